The summed E-state index contributed by atoms with van der Waals surface area (Å²) in [5.74, 6) is -0.764. The fourth-order valence-corrected chi connectivity index (χ4v) is 4.88. The van der Waals surface area contributed by atoms with Crippen LogP contribution in [0.3, 0.4) is 0 Å². The molecule has 130 valence electrons. The van der Waals surface area contributed by atoms with Gasteiger partial charge in [-0.25, -0.2) is 17.9 Å². The van der Waals surface area contributed by atoms with Crippen molar-refractivity contribution in [1.82, 2.24) is 14.4 Å². The second-order valence-corrected chi connectivity index (χ2v) is 7.89. The molecule has 0 saturated carbocycles. The molecule has 1 aromatic rings. The quantitative estimate of drug-likeness (QED) is 0.668. The van der Waals surface area contributed by atoms with Gasteiger partial charge >= 0.3 is 5.97 Å². The van der Waals surface area contributed by atoms with Crippen LogP contribution in [0, 0.1) is 5.41 Å². The van der Waals surface area contributed by atoms with E-state index in [0.29, 0.717) is 6.61 Å². The molecule has 0 spiro atoms. The van der Waals surface area contributed by atoms with E-state index >= 15 is 0 Å². The van der Waals surface area contributed by atoms with Crippen LogP contribution in [-0.2, 0) is 19.5 Å². The summed E-state index contributed by atoms with van der Waals surface area (Å²) in [6.45, 7) is 2.36. The highest BCUT2D eigenvalue weighted by Gasteiger charge is 2.35. The van der Waals surface area contributed by atoms with Crippen molar-refractivity contribution in [2.45, 2.75) is 17.7 Å². The van der Waals surface area contributed by atoms with Crippen LogP contribution in [0.15, 0.2) is 10.3 Å². The minimum absolute atomic E-state index is 0.143. The number of ether oxygens (including phenoxy) is 2. The third-order valence-corrected chi connectivity index (χ3v) is 6.15. The Labute approximate surface area is 139 Å². The Morgan fingerprint density at radius 3 is 2.74 bits per heavy atom. The Kier molecular flexibility index (Phi) is 6.09. The molecule has 0 aliphatic carbocycles. The van der Waals surface area contributed by atoms with Crippen LogP contribution in [0.5, 0.6) is 0 Å². The molecule has 23 heavy (non-hydrogen) atoms. The number of methoxy groups -OCH3 is 2. The van der Waals surface area contributed by atoms with Gasteiger partial charge in [-0.1, -0.05) is 0 Å². The summed E-state index contributed by atoms with van der Waals surface area (Å²) in [6, 6.07) is 0. The van der Waals surface area contributed by atoms with Crippen LogP contribution in [-0.4, -0.2) is 59.2 Å². The first-order chi connectivity index (χ1) is 10.9. The number of hydrogen-bond donors (Lipinski definition) is 2. The SMILES string of the molecule is COCC1(CNS(=O)(=O)c2csnc2C(=O)OC)CCNCC1. The Hall–Kier alpha value is -1.07. The third kappa shape index (κ3) is 4.27. The number of nitrogens with one attached hydrogen (secondary N) is 2. The van der Waals surface area contributed by atoms with Crippen LogP contribution in [0.4, 0.5) is 0 Å². The first-order valence-electron chi connectivity index (χ1n) is 7.16. The predicted octanol–water partition coefficient (Wildman–Crippen LogP) is 0.224. The van der Waals surface area contributed by atoms with Crippen molar-refractivity contribution >= 4 is 27.5 Å². The molecule has 1 aliphatic heterocycles. The number of esters is 1. The van der Waals surface area contributed by atoms with Crippen LogP contribution in [0.25, 0.3) is 0 Å². The summed E-state index contributed by atoms with van der Waals surface area (Å²) in [7, 11) is -1.04. The number of sulfonamides is 1. The molecule has 2 heterocycles. The Balaban J connectivity index is 2.15. The molecule has 0 unspecified atom stereocenters. The van der Waals surface area contributed by atoms with Gasteiger partial charge in [0.1, 0.15) is 4.90 Å². The summed E-state index contributed by atoms with van der Waals surface area (Å²) >= 11 is 0.903. The van der Waals surface area contributed by atoms with Gasteiger partial charge in [0.25, 0.3) is 0 Å². The smallest absolute Gasteiger partial charge is 0.359 e. The van der Waals surface area contributed by atoms with E-state index in [-0.39, 0.29) is 22.5 Å². The van der Waals surface area contributed by atoms with Gasteiger partial charge in [-0.05, 0) is 37.5 Å². The van der Waals surface area contributed by atoms with Crippen molar-refractivity contribution in [3.63, 3.8) is 0 Å². The number of nitrogens with zero attached hydrogens (tertiary/aromatic N) is 1. The maximum absolute atomic E-state index is 12.5. The summed E-state index contributed by atoms with van der Waals surface area (Å²) in [5, 5.41) is 4.59. The third-order valence-electron chi connectivity index (χ3n) is 3.96. The summed E-state index contributed by atoms with van der Waals surface area (Å²) < 4.78 is 41.3. The average Bonchev–Trinajstić information content (AvgIpc) is 3.04. The summed E-state index contributed by atoms with van der Waals surface area (Å²) in [5.41, 5.74) is -0.432. The second-order valence-electron chi connectivity index (χ2n) is 5.53. The van der Waals surface area contributed by atoms with E-state index in [0.717, 1.165) is 37.5 Å². The molecule has 1 saturated heterocycles. The van der Waals surface area contributed by atoms with Crippen molar-refractivity contribution in [3.05, 3.63) is 11.1 Å². The lowest BCUT2D eigenvalue weighted by Gasteiger charge is -2.37. The monoisotopic (exact) mass is 363 g/mol. The van der Waals surface area contributed by atoms with Gasteiger partial charge in [-0.2, -0.15) is 4.37 Å². The van der Waals surface area contributed by atoms with Crippen LogP contribution >= 0.6 is 11.5 Å². The highest BCUT2D eigenvalue weighted by Crippen LogP contribution is 2.29. The van der Waals surface area contributed by atoms with Gasteiger partial charge in [0.05, 0.1) is 13.7 Å². The van der Waals surface area contributed by atoms with Gasteiger partial charge in [0.2, 0.25) is 10.0 Å². The Bertz CT molecular complexity index is 632. The molecule has 8 nitrogen and oxygen atoms in total. The van der Waals surface area contributed by atoms with Gasteiger partial charge in [0, 0.05) is 24.4 Å². The van der Waals surface area contributed by atoms with Crippen molar-refractivity contribution < 1.29 is 22.7 Å². The van der Waals surface area contributed by atoms with E-state index in [2.05, 4.69) is 19.1 Å². The number of rotatable bonds is 7. The van der Waals surface area contributed by atoms with Gasteiger partial charge in [-0.3, -0.25) is 0 Å². The summed E-state index contributed by atoms with van der Waals surface area (Å²) in [6.07, 6.45) is 1.63. The van der Waals surface area contributed by atoms with E-state index in [1.807, 2.05) is 0 Å². The number of carbonyl (C=O) groups excluding carboxylic acids is 1. The topological polar surface area (TPSA) is 107 Å². The van der Waals surface area contributed by atoms with E-state index in [4.69, 9.17) is 4.74 Å². The fraction of sp³-hybridized carbons (Fsp3) is 0.692. The van der Waals surface area contributed by atoms with E-state index < -0.39 is 16.0 Å². The fourth-order valence-electron chi connectivity index (χ4n) is 2.61. The van der Waals surface area contributed by atoms with Gasteiger partial charge in [-0.15, -0.1) is 0 Å². The largest absolute Gasteiger partial charge is 0.464 e. The number of carbonyl (C=O) groups is 1. The number of aromatic nitrogens is 1. The Morgan fingerprint density at radius 1 is 1.43 bits per heavy atom. The second kappa shape index (κ2) is 7.67. The van der Waals surface area contributed by atoms with E-state index in [1.165, 1.54) is 12.5 Å². The molecule has 0 aromatic carbocycles. The first kappa shape index (κ1) is 18.3. The van der Waals surface area contributed by atoms with Gasteiger partial charge in [0.15, 0.2) is 5.69 Å². The summed E-state index contributed by atoms with van der Waals surface area (Å²) in [4.78, 5) is 11.5. The highest BCUT2D eigenvalue weighted by atomic mass is 32.2. The number of hydrogen-bond acceptors (Lipinski definition) is 8. The van der Waals surface area contributed by atoms with E-state index in [1.54, 1.807) is 7.11 Å². The van der Waals surface area contributed by atoms with Crippen molar-refractivity contribution in [3.8, 4) is 0 Å². The molecule has 0 radical (unpaired) electrons. The number of piperidine rings is 1. The lowest BCUT2D eigenvalue weighted by molar-refractivity contribution is 0.0575. The highest BCUT2D eigenvalue weighted by molar-refractivity contribution is 7.89. The minimum atomic E-state index is -3.84. The first-order valence-corrected chi connectivity index (χ1v) is 9.48. The molecule has 0 bridgehead atoms. The van der Waals surface area contributed by atoms with Crippen molar-refractivity contribution in [1.29, 1.82) is 0 Å². The molecule has 2 rings (SSSR count). The minimum Gasteiger partial charge on any atom is -0.464 e. The maximum Gasteiger partial charge on any atom is 0.359 e. The molecule has 0 atom stereocenters. The molecular formula is C13H21N3O5S2. The maximum atomic E-state index is 12.5. The lowest BCUT2D eigenvalue weighted by Crippen LogP contribution is -2.47. The van der Waals surface area contributed by atoms with Crippen molar-refractivity contribution in [2.24, 2.45) is 5.41 Å². The molecule has 1 fully saturated rings. The molecule has 0 amide bonds. The predicted molar refractivity (Wildman–Crippen MR) is 85.1 cm³/mol. The van der Waals surface area contributed by atoms with Crippen LogP contribution < -0.4 is 10.0 Å². The zero-order valence-corrected chi connectivity index (χ0v) is 14.8. The average molecular weight is 363 g/mol. The van der Waals surface area contributed by atoms with Crippen molar-refractivity contribution in [2.75, 3.05) is 40.5 Å². The Morgan fingerprint density at radius 2 is 2.13 bits per heavy atom. The molecule has 1 aromatic heterocycles. The van der Waals surface area contributed by atoms with Crippen LogP contribution in [0.1, 0.15) is 23.3 Å². The van der Waals surface area contributed by atoms with Gasteiger partial charge < -0.3 is 14.8 Å². The molecule has 10 heteroatoms. The lowest BCUT2D eigenvalue weighted by atomic mass is 9.80. The molecule has 2 N–H and O–H groups in total. The molecular weight excluding hydrogens is 342 g/mol. The molecule has 1 aliphatic rings. The normalized spacial score (nSPS) is 17.8. The van der Waals surface area contributed by atoms with E-state index in [9.17, 15) is 13.2 Å². The zero-order chi connectivity index (χ0) is 16.9. The zero-order valence-electron chi connectivity index (χ0n) is 13.1. The van der Waals surface area contributed by atoms with Crippen LogP contribution in [0.2, 0.25) is 0 Å². The standard InChI is InChI=1S/C13H21N3O5S2/c1-20-9-13(3-5-14-6-4-13)8-15-23(18,19)10-7-22-16-11(10)12(17)21-2/h7,14-15H,3-6,8-9H2,1-2H3.